The Morgan fingerprint density at radius 3 is 2.06 bits per heavy atom. The molecule has 0 radical (unpaired) electrons. The van der Waals surface area contributed by atoms with E-state index < -0.39 is 19.2 Å². The van der Waals surface area contributed by atoms with Gasteiger partial charge in [-0.3, -0.25) is 4.79 Å². The predicted octanol–water partition coefficient (Wildman–Crippen LogP) is 3.37. The van der Waals surface area contributed by atoms with Gasteiger partial charge in [0.25, 0.3) is 0 Å². The Labute approximate surface area is 198 Å². The van der Waals surface area contributed by atoms with Crippen LogP contribution in [0.5, 0.6) is 0 Å². The van der Waals surface area contributed by atoms with Crippen LogP contribution in [0.1, 0.15) is 26.2 Å². The summed E-state index contributed by atoms with van der Waals surface area (Å²) in [4.78, 5) is 22.2. The Bertz CT molecular complexity index is 898. The number of thiocarbonyl (C=S) groups is 1. The highest BCUT2D eigenvalue weighted by molar-refractivity contribution is 8.23. The van der Waals surface area contributed by atoms with E-state index in [2.05, 4.69) is 10.6 Å². The summed E-state index contributed by atoms with van der Waals surface area (Å²) in [6, 6.07) is 18.4. The van der Waals surface area contributed by atoms with E-state index in [9.17, 15) is 14.2 Å². The molecule has 0 spiro atoms. The summed E-state index contributed by atoms with van der Waals surface area (Å²) < 4.78 is 14.4. The molecule has 2 aromatic carbocycles. The summed E-state index contributed by atoms with van der Waals surface area (Å²) in [5.74, 6) is -1.31. The van der Waals surface area contributed by atoms with E-state index >= 15 is 0 Å². The van der Waals surface area contributed by atoms with Crippen LogP contribution in [0.2, 0.25) is 0 Å². The van der Waals surface area contributed by atoms with Gasteiger partial charge in [-0.2, -0.15) is 0 Å². The number of carboxylic acids is 1. The Balaban J connectivity index is 1.77. The Morgan fingerprint density at radius 1 is 1.00 bits per heavy atom. The first kappa shape index (κ1) is 26.1. The van der Waals surface area contributed by atoms with Gasteiger partial charge in [0, 0.05) is 36.0 Å². The molecule has 9 heteroatoms. The lowest BCUT2D eigenvalue weighted by Crippen LogP contribution is -2.42. The van der Waals surface area contributed by atoms with Crippen LogP contribution in [-0.4, -0.2) is 45.8 Å². The molecule has 2 aromatic rings. The van der Waals surface area contributed by atoms with Crippen molar-refractivity contribution >= 4 is 57.9 Å². The summed E-state index contributed by atoms with van der Waals surface area (Å²) in [5.41, 5.74) is 0. The van der Waals surface area contributed by atoms with Crippen molar-refractivity contribution in [3.05, 3.63) is 60.7 Å². The molecule has 3 N–H and O–H groups in total. The van der Waals surface area contributed by atoms with E-state index in [1.165, 1.54) is 18.7 Å². The van der Waals surface area contributed by atoms with Gasteiger partial charge in [0.2, 0.25) is 5.91 Å². The van der Waals surface area contributed by atoms with Crippen LogP contribution in [0.3, 0.4) is 0 Å². The zero-order valence-electron chi connectivity index (χ0n) is 18.0. The van der Waals surface area contributed by atoms with E-state index in [-0.39, 0.29) is 11.7 Å². The third kappa shape index (κ3) is 8.41. The first-order valence-corrected chi connectivity index (χ1v) is 13.7. The molecule has 0 bridgehead atoms. The standard InChI is InChI=1S/C23H29N2O4PS2/c1-18(26)25-21(22(27)28)17-32-23(31)24-15-9-4-10-16-30(29,19-11-5-2-6-12-19)20-13-7-3-8-14-20/h2-3,5-8,11-14,21H,4,9-10,15-17H2,1H3,(H,24,31)(H,25,26)(H,27,28)/t21-/m0/s1. The molecule has 0 aliphatic heterocycles. The number of amides is 1. The predicted molar refractivity (Wildman–Crippen MR) is 137 cm³/mol. The molecule has 0 aliphatic carbocycles. The number of aliphatic carboxylic acids is 1. The third-order valence-corrected chi connectivity index (χ3v) is 9.44. The molecule has 0 heterocycles. The maximum Gasteiger partial charge on any atom is 0.327 e. The van der Waals surface area contributed by atoms with Crippen molar-refractivity contribution < 1.29 is 19.3 Å². The summed E-state index contributed by atoms with van der Waals surface area (Å²) in [6.45, 7) is 1.94. The number of benzene rings is 2. The summed E-state index contributed by atoms with van der Waals surface area (Å²) in [6.07, 6.45) is 3.19. The lowest BCUT2D eigenvalue weighted by molar-refractivity contribution is -0.140. The van der Waals surface area contributed by atoms with Gasteiger partial charge in [-0.15, -0.1) is 0 Å². The van der Waals surface area contributed by atoms with Crippen LogP contribution in [0, 0.1) is 0 Å². The summed E-state index contributed by atoms with van der Waals surface area (Å²) in [5, 5.41) is 16.4. The first-order chi connectivity index (χ1) is 15.3. The maximum atomic E-state index is 13.9. The molecular weight excluding hydrogens is 463 g/mol. The van der Waals surface area contributed by atoms with Gasteiger partial charge < -0.3 is 20.3 Å². The number of unbranched alkanes of at least 4 members (excludes halogenated alkanes) is 2. The summed E-state index contributed by atoms with van der Waals surface area (Å²) in [7, 11) is -2.68. The van der Waals surface area contributed by atoms with Crippen molar-refractivity contribution in [2.75, 3.05) is 18.5 Å². The number of rotatable bonds is 12. The number of carboxylic acid groups (broad SMARTS) is 1. The van der Waals surface area contributed by atoms with Crippen LogP contribution in [0.25, 0.3) is 0 Å². The van der Waals surface area contributed by atoms with E-state index in [1.54, 1.807) is 0 Å². The Morgan fingerprint density at radius 2 is 1.56 bits per heavy atom. The lowest BCUT2D eigenvalue weighted by Gasteiger charge is -2.19. The number of carbonyl (C=O) groups excluding carboxylic acids is 1. The number of thioether (sulfide) groups is 1. The molecule has 0 saturated heterocycles. The molecule has 0 aromatic heterocycles. The smallest absolute Gasteiger partial charge is 0.327 e. The average molecular weight is 493 g/mol. The van der Waals surface area contributed by atoms with Crippen molar-refractivity contribution in [3.63, 3.8) is 0 Å². The minimum Gasteiger partial charge on any atom is -0.480 e. The number of hydrogen-bond acceptors (Lipinski definition) is 5. The van der Waals surface area contributed by atoms with Crippen molar-refractivity contribution in [1.29, 1.82) is 0 Å². The molecule has 172 valence electrons. The molecular formula is C23H29N2O4PS2. The molecule has 32 heavy (non-hydrogen) atoms. The van der Waals surface area contributed by atoms with Crippen molar-refractivity contribution in [2.45, 2.75) is 32.2 Å². The monoisotopic (exact) mass is 492 g/mol. The molecule has 0 fully saturated rings. The van der Waals surface area contributed by atoms with Gasteiger partial charge >= 0.3 is 5.97 Å². The highest BCUT2D eigenvalue weighted by Gasteiger charge is 2.26. The zero-order chi connectivity index (χ0) is 23.4. The van der Waals surface area contributed by atoms with Crippen LogP contribution < -0.4 is 21.2 Å². The number of nitrogens with one attached hydrogen (secondary N) is 2. The third-order valence-electron chi connectivity index (χ3n) is 4.82. The molecule has 6 nitrogen and oxygen atoms in total. The first-order valence-electron chi connectivity index (χ1n) is 10.4. The van der Waals surface area contributed by atoms with E-state index in [0.29, 0.717) is 17.0 Å². The van der Waals surface area contributed by atoms with Crippen LogP contribution in [0.4, 0.5) is 0 Å². The molecule has 2 rings (SSSR count). The molecule has 1 atom stereocenters. The molecule has 1 amide bonds. The van der Waals surface area contributed by atoms with E-state index in [4.69, 9.17) is 17.3 Å². The molecule has 0 unspecified atom stereocenters. The van der Waals surface area contributed by atoms with E-state index in [0.717, 1.165) is 29.9 Å². The summed E-state index contributed by atoms with van der Waals surface area (Å²) >= 11 is 6.44. The van der Waals surface area contributed by atoms with Gasteiger partial charge in [0.05, 0.1) is 0 Å². The van der Waals surface area contributed by atoms with Gasteiger partial charge in [-0.1, -0.05) is 91.1 Å². The normalized spacial score (nSPS) is 12.0. The van der Waals surface area contributed by atoms with Crippen molar-refractivity contribution in [1.82, 2.24) is 10.6 Å². The highest BCUT2D eigenvalue weighted by Crippen LogP contribution is 2.44. The SMILES string of the molecule is CC(=O)N[C@@H](CSC(=S)NCCCCCP(=O)(c1ccccc1)c1ccccc1)C(=O)O. The van der Waals surface area contributed by atoms with Gasteiger partial charge in [0.1, 0.15) is 17.5 Å². The van der Waals surface area contributed by atoms with Crippen molar-refractivity contribution in [3.8, 4) is 0 Å². The average Bonchev–Trinajstić information content (AvgIpc) is 2.79. The fraction of sp³-hybridized carbons (Fsp3) is 0.348. The molecule has 0 saturated carbocycles. The minimum absolute atomic E-state index is 0.165. The van der Waals surface area contributed by atoms with Gasteiger partial charge in [-0.25, -0.2) is 4.79 Å². The quantitative estimate of drug-likeness (QED) is 0.238. The number of hydrogen-bond donors (Lipinski definition) is 3. The van der Waals surface area contributed by atoms with Gasteiger partial charge in [0.15, 0.2) is 0 Å². The Hall–Kier alpha value is -2.15. The second-order valence-corrected chi connectivity index (χ2v) is 12.0. The van der Waals surface area contributed by atoms with E-state index in [1.807, 2.05) is 60.7 Å². The molecule has 0 aliphatic rings. The topological polar surface area (TPSA) is 95.5 Å². The fourth-order valence-corrected chi connectivity index (χ4v) is 7.05. The second kappa shape index (κ2) is 13.4. The minimum atomic E-state index is -2.68. The highest BCUT2D eigenvalue weighted by atomic mass is 32.2. The second-order valence-electron chi connectivity index (χ2n) is 7.31. The van der Waals surface area contributed by atoms with Crippen molar-refractivity contribution in [2.24, 2.45) is 0 Å². The van der Waals surface area contributed by atoms with Gasteiger partial charge in [-0.05, 0) is 12.8 Å². The maximum absolute atomic E-state index is 13.9. The van der Waals surface area contributed by atoms with Crippen LogP contribution >= 0.6 is 31.1 Å². The van der Waals surface area contributed by atoms with Crippen LogP contribution in [0.15, 0.2) is 60.7 Å². The zero-order valence-corrected chi connectivity index (χ0v) is 20.6. The Kier molecular flexibility index (Phi) is 10.9. The largest absolute Gasteiger partial charge is 0.480 e. The number of carbonyl (C=O) groups is 2. The van der Waals surface area contributed by atoms with Crippen LogP contribution in [-0.2, 0) is 14.2 Å². The fourth-order valence-electron chi connectivity index (χ4n) is 3.20. The lowest BCUT2D eigenvalue weighted by atomic mass is 10.2.